The molecule has 0 aliphatic carbocycles. The van der Waals surface area contributed by atoms with E-state index in [1.165, 1.54) is 0 Å². The summed E-state index contributed by atoms with van der Waals surface area (Å²) < 4.78 is 17.8. The molecule has 0 aliphatic rings. The monoisotopic (exact) mass is 358 g/mol. The van der Waals surface area contributed by atoms with Gasteiger partial charge in [-0.05, 0) is 20.3 Å². The third kappa shape index (κ3) is 4.88. The first-order valence-electron chi connectivity index (χ1n) is 7.60. The van der Waals surface area contributed by atoms with Crippen LogP contribution in [-0.2, 0) is 15.8 Å². The molecule has 0 bridgehead atoms. The van der Waals surface area contributed by atoms with Gasteiger partial charge in [0, 0.05) is 6.04 Å². The zero-order valence-electron chi connectivity index (χ0n) is 13.9. The van der Waals surface area contributed by atoms with Gasteiger partial charge < -0.3 is 30.1 Å². The maximum Gasteiger partial charge on any atom is 0.350 e. The topological polar surface area (TPSA) is 148 Å². The van der Waals surface area contributed by atoms with Crippen molar-refractivity contribution in [2.75, 3.05) is 17.4 Å². The second kappa shape index (κ2) is 7.43. The number of imidazole rings is 1. The van der Waals surface area contributed by atoms with Crippen molar-refractivity contribution < 1.29 is 19.1 Å². The number of aromatic nitrogens is 4. The summed E-state index contributed by atoms with van der Waals surface area (Å²) in [6, 6.07) is 0.207. The predicted octanol–water partition coefficient (Wildman–Crippen LogP) is 1.16. The number of nitrogen functional groups attached to an aromatic ring is 1. The average Bonchev–Trinajstić information content (AvgIpc) is 2.87. The molecule has 0 radical (unpaired) electrons. The summed E-state index contributed by atoms with van der Waals surface area (Å²) in [6.45, 7) is 6.12. The molecule has 1 unspecified atom stereocenters. The molecule has 2 heterocycles. The molecular formula is C13H23N6O4P. The van der Waals surface area contributed by atoms with Crippen molar-refractivity contribution in [1.29, 1.82) is 0 Å². The van der Waals surface area contributed by atoms with Crippen LogP contribution in [0.1, 0.15) is 27.2 Å². The van der Waals surface area contributed by atoms with E-state index in [1.807, 2.05) is 6.92 Å². The quantitative estimate of drug-likeness (QED) is 0.510. The molecular weight excluding hydrogens is 335 g/mol. The summed E-state index contributed by atoms with van der Waals surface area (Å²) in [5.74, 6) is 0.688. The lowest BCUT2D eigenvalue weighted by Gasteiger charge is -2.15. The molecule has 2 rings (SSSR count). The van der Waals surface area contributed by atoms with Crippen molar-refractivity contribution in [1.82, 2.24) is 19.5 Å². The van der Waals surface area contributed by atoms with Crippen molar-refractivity contribution >= 4 is 30.5 Å². The van der Waals surface area contributed by atoms with Crippen LogP contribution in [0.5, 0.6) is 0 Å². The minimum atomic E-state index is -4.20. The molecule has 0 aromatic carbocycles. The van der Waals surface area contributed by atoms with Gasteiger partial charge in [0.25, 0.3) is 0 Å². The van der Waals surface area contributed by atoms with Gasteiger partial charge in [-0.2, -0.15) is 9.97 Å². The number of nitrogens with two attached hydrogens (primary N) is 1. The van der Waals surface area contributed by atoms with Crippen LogP contribution in [-0.4, -0.2) is 47.8 Å². The van der Waals surface area contributed by atoms with Gasteiger partial charge in [0.1, 0.15) is 6.35 Å². The van der Waals surface area contributed by atoms with Crippen molar-refractivity contribution in [3.63, 3.8) is 0 Å². The molecule has 0 saturated carbocycles. The molecule has 11 heteroatoms. The Balaban J connectivity index is 2.21. The Hall–Kier alpha value is -1.74. The number of hydrogen-bond acceptors (Lipinski definition) is 7. The van der Waals surface area contributed by atoms with Crippen molar-refractivity contribution in [2.24, 2.45) is 0 Å². The summed E-state index contributed by atoms with van der Waals surface area (Å²) in [5.41, 5.74) is 6.91. The summed E-state index contributed by atoms with van der Waals surface area (Å²) >= 11 is 0. The zero-order valence-corrected chi connectivity index (χ0v) is 14.8. The summed E-state index contributed by atoms with van der Waals surface area (Å²) in [6.07, 6.45) is 1.44. The summed E-state index contributed by atoms with van der Waals surface area (Å²) in [5, 5.41) is 3.25. The maximum atomic E-state index is 10.9. The van der Waals surface area contributed by atoms with E-state index in [0.717, 1.165) is 6.42 Å². The van der Waals surface area contributed by atoms with Gasteiger partial charge in [0.15, 0.2) is 17.0 Å². The average molecular weight is 358 g/mol. The highest BCUT2D eigenvalue weighted by Gasteiger charge is 2.18. The van der Waals surface area contributed by atoms with E-state index in [9.17, 15) is 4.57 Å². The number of rotatable bonds is 8. The standard InChI is InChI=1S/C13H23N6O4P/c1-4-8(2)16-11-10-12(18-13(14)17-11)19(6-15-10)5-9(3)23-7-24(20,21)22/h6,8-9H,4-5,7H2,1-3H3,(H2,20,21,22)(H3,14,16,17,18)/t8?,9-/m1/s1. The highest BCUT2D eigenvalue weighted by atomic mass is 31.2. The van der Waals surface area contributed by atoms with Crippen LogP contribution < -0.4 is 11.1 Å². The summed E-state index contributed by atoms with van der Waals surface area (Å²) in [7, 11) is -4.20. The smallest absolute Gasteiger partial charge is 0.350 e. The van der Waals surface area contributed by atoms with E-state index in [1.54, 1.807) is 17.8 Å². The van der Waals surface area contributed by atoms with Gasteiger partial charge in [-0.15, -0.1) is 0 Å². The van der Waals surface area contributed by atoms with Crippen LogP contribution in [0.3, 0.4) is 0 Å². The fraction of sp³-hybridized carbons (Fsp3) is 0.615. The van der Waals surface area contributed by atoms with Crippen molar-refractivity contribution in [3.8, 4) is 0 Å². The lowest BCUT2D eigenvalue weighted by molar-refractivity contribution is 0.0764. The normalized spacial score (nSPS) is 14.7. The Morgan fingerprint density at radius 3 is 2.75 bits per heavy atom. The minimum absolute atomic E-state index is 0.124. The van der Waals surface area contributed by atoms with Crippen molar-refractivity contribution in [3.05, 3.63) is 6.33 Å². The van der Waals surface area contributed by atoms with Crippen LogP contribution in [0.4, 0.5) is 11.8 Å². The largest absolute Gasteiger partial charge is 0.368 e. The highest BCUT2D eigenvalue weighted by Crippen LogP contribution is 2.34. The molecule has 2 aromatic heterocycles. The molecule has 0 aliphatic heterocycles. The first-order chi connectivity index (χ1) is 11.2. The third-order valence-corrected chi connectivity index (χ3v) is 3.94. The number of fused-ring (bicyclic) bond motifs is 1. The zero-order chi connectivity index (χ0) is 17.9. The van der Waals surface area contributed by atoms with E-state index in [2.05, 4.69) is 27.2 Å². The van der Waals surface area contributed by atoms with Crippen LogP contribution in [0.25, 0.3) is 11.2 Å². The Bertz CT molecular complexity index is 745. The molecule has 134 valence electrons. The fourth-order valence-corrected chi connectivity index (χ4v) is 2.53. The van der Waals surface area contributed by atoms with E-state index in [0.29, 0.717) is 23.5 Å². The predicted molar refractivity (Wildman–Crippen MR) is 90.6 cm³/mol. The second-order valence-electron chi connectivity index (χ2n) is 5.72. The Labute approximate surface area is 139 Å². The first-order valence-corrected chi connectivity index (χ1v) is 9.40. The third-order valence-electron chi connectivity index (χ3n) is 3.46. The van der Waals surface area contributed by atoms with Crippen LogP contribution >= 0.6 is 7.60 Å². The highest BCUT2D eigenvalue weighted by molar-refractivity contribution is 7.51. The first kappa shape index (κ1) is 18.6. The molecule has 24 heavy (non-hydrogen) atoms. The van der Waals surface area contributed by atoms with Gasteiger partial charge >= 0.3 is 7.60 Å². The summed E-state index contributed by atoms with van der Waals surface area (Å²) in [4.78, 5) is 30.5. The Morgan fingerprint density at radius 2 is 2.12 bits per heavy atom. The lowest BCUT2D eigenvalue weighted by atomic mass is 10.2. The number of anilines is 2. The maximum absolute atomic E-state index is 10.9. The van der Waals surface area contributed by atoms with Gasteiger partial charge in [0.05, 0.1) is 19.0 Å². The van der Waals surface area contributed by atoms with Crippen LogP contribution in [0.2, 0.25) is 0 Å². The lowest BCUT2D eigenvalue weighted by Crippen LogP contribution is -2.18. The molecule has 5 N–H and O–H groups in total. The van der Waals surface area contributed by atoms with E-state index in [4.69, 9.17) is 20.3 Å². The second-order valence-corrected chi connectivity index (χ2v) is 7.31. The molecule has 0 fully saturated rings. The number of nitrogens with zero attached hydrogens (tertiary/aromatic N) is 4. The molecule has 2 atom stereocenters. The van der Waals surface area contributed by atoms with E-state index < -0.39 is 20.0 Å². The fourth-order valence-electron chi connectivity index (χ4n) is 2.08. The molecule has 0 amide bonds. The van der Waals surface area contributed by atoms with E-state index >= 15 is 0 Å². The number of hydrogen-bond donors (Lipinski definition) is 4. The van der Waals surface area contributed by atoms with Crippen molar-refractivity contribution in [2.45, 2.75) is 45.9 Å². The van der Waals surface area contributed by atoms with Crippen LogP contribution in [0.15, 0.2) is 6.33 Å². The molecule has 0 saturated heterocycles. The Kier molecular flexibility index (Phi) is 5.76. The van der Waals surface area contributed by atoms with Gasteiger partial charge in [0.2, 0.25) is 5.95 Å². The van der Waals surface area contributed by atoms with Gasteiger partial charge in [-0.1, -0.05) is 6.92 Å². The number of nitrogens with one attached hydrogen (secondary N) is 1. The van der Waals surface area contributed by atoms with E-state index in [-0.39, 0.29) is 12.0 Å². The number of ether oxygens (including phenoxy) is 1. The molecule has 0 spiro atoms. The molecule has 2 aromatic rings. The minimum Gasteiger partial charge on any atom is -0.368 e. The Morgan fingerprint density at radius 1 is 1.42 bits per heavy atom. The SMILES string of the molecule is CCC(C)Nc1nc(N)nc2c1ncn2C[C@@H](C)OCP(=O)(O)O. The van der Waals surface area contributed by atoms with Crippen LogP contribution in [0, 0.1) is 0 Å². The van der Waals surface area contributed by atoms with Gasteiger partial charge in [-0.25, -0.2) is 4.98 Å². The molecule has 10 nitrogen and oxygen atoms in total. The van der Waals surface area contributed by atoms with Gasteiger partial charge in [-0.3, -0.25) is 4.57 Å².